The first kappa shape index (κ1) is 15.1. The number of rotatable bonds is 4. The van der Waals surface area contributed by atoms with Gasteiger partial charge in [0.05, 0.1) is 5.56 Å². The van der Waals surface area contributed by atoms with Gasteiger partial charge in [0.15, 0.2) is 11.6 Å². The van der Waals surface area contributed by atoms with E-state index < -0.39 is 5.82 Å². The van der Waals surface area contributed by atoms with Gasteiger partial charge in [-0.05, 0) is 24.7 Å². The van der Waals surface area contributed by atoms with Crippen LogP contribution in [0.25, 0.3) is 0 Å². The van der Waals surface area contributed by atoms with Crippen LogP contribution in [0.5, 0.6) is 0 Å². The number of nitrogens with zero attached hydrogens (tertiary/aromatic N) is 2. The van der Waals surface area contributed by atoms with Crippen LogP contribution in [0.1, 0.15) is 30.1 Å². The largest absolute Gasteiger partial charge is 0.368 e. The predicted octanol–water partition coefficient (Wildman–Crippen LogP) is 2.62. The van der Waals surface area contributed by atoms with Gasteiger partial charge in [-0.25, -0.2) is 9.37 Å². The van der Waals surface area contributed by atoms with E-state index in [0.29, 0.717) is 19.6 Å². The lowest BCUT2D eigenvalue weighted by Gasteiger charge is -2.20. The van der Waals surface area contributed by atoms with Gasteiger partial charge in [-0.2, -0.15) is 11.8 Å². The van der Waals surface area contributed by atoms with E-state index in [9.17, 15) is 9.18 Å². The van der Waals surface area contributed by atoms with Crippen molar-refractivity contribution in [2.24, 2.45) is 0 Å². The van der Waals surface area contributed by atoms with Crippen molar-refractivity contribution >= 4 is 23.5 Å². The molecule has 0 saturated carbocycles. The average Bonchev–Trinajstić information content (AvgIpc) is 2.74. The summed E-state index contributed by atoms with van der Waals surface area (Å²) in [5.74, 6) is 1.38. The van der Waals surface area contributed by atoms with E-state index in [1.165, 1.54) is 12.3 Å². The molecule has 1 fully saturated rings. The van der Waals surface area contributed by atoms with Crippen molar-refractivity contribution in [1.29, 1.82) is 0 Å². The predicted molar refractivity (Wildman–Crippen MR) is 80.8 cm³/mol. The van der Waals surface area contributed by atoms with Gasteiger partial charge < -0.3 is 10.2 Å². The molecule has 4 nitrogen and oxygen atoms in total. The monoisotopic (exact) mass is 297 g/mol. The maximum absolute atomic E-state index is 14.3. The Kier molecular flexibility index (Phi) is 5.64. The number of thioether (sulfide) groups is 1. The van der Waals surface area contributed by atoms with E-state index >= 15 is 0 Å². The number of aromatic nitrogens is 1. The molecule has 1 saturated heterocycles. The molecule has 0 aromatic carbocycles. The van der Waals surface area contributed by atoms with Crippen LogP contribution < -0.4 is 5.32 Å². The second-order valence-corrected chi connectivity index (χ2v) is 5.93. The molecule has 0 unspecified atom stereocenters. The summed E-state index contributed by atoms with van der Waals surface area (Å²) in [5, 5.41) is 2.91. The molecule has 2 rings (SSSR count). The van der Waals surface area contributed by atoms with Gasteiger partial charge in [0.25, 0.3) is 5.91 Å². The minimum atomic E-state index is -0.539. The molecular formula is C14H20FN3OS. The van der Waals surface area contributed by atoms with Crippen molar-refractivity contribution in [1.82, 2.24) is 9.88 Å². The molecule has 0 bridgehead atoms. The Morgan fingerprint density at radius 1 is 1.50 bits per heavy atom. The quantitative estimate of drug-likeness (QED) is 0.928. The van der Waals surface area contributed by atoms with Crippen LogP contribution in [0, 0.1) is 5.82 Å². The maximum Gasteiger partial charge on any atom is 0.257 e. The van der Waals surface area contributed by atoms with Crippen molar-refractivity contribution in [2.75, 3.05) is 36.5 Å². The zero-order valence-electron chi connectivity index (χ0n) is 11.7. The minimum absolute atomic E-state index is 0.116. The van der Waals surface area contributed by atoms with Gasteiger partial charge in [-0.1, -0.05) is 6.92 Å². The molecule has 1 amide bonds. The molecule has 0 spiro atoms. The van der Waals surface area contributed by atoms with E-state index in [-0.39, 0.29) is 17.3 Å². The third-order valence-corrected chi connectivity index (χ3v) is 4.22. The average molecular weight is 297 g/mol. The van der Waals surface area contributed by atoms with Crippen molar-refractivity contribution in [3.63, 3.8) is 0 Å². The standard InChI is InChI=1S/C14H20FN3OS/c1-2-5-16-13-12(15)11(4-6-17-13)14(19)18-7-3-9-20-10-8-18/h4,6H,2-3,5,7-10H2,1H3,(H,16,17). The summed E-state index contributed by atoms with van der Waals surface area (Å²) in [4.78, 5) is 18.1. The van der Waals surface area contributed by atoms with Gasteiger partial charge in [0, 0.05) is 31.6 Å². The van der Waals surface area contributed by atoms with Crippen LogP contribution in [0.3, 0.4) is 0 Å². The molecular weight excluding hydrogens is 277 g/mol. The van der Waals surface area contributed by atoms with Crippen molar-refractivity contribution in [3.8, 4) is 0 Å². The smallest absolute Gasteiger partial charge is 0.257 e. The summed E-state index contributed by atoms with van der Waals surface area (Å²) in [6.45, 7) is 4.02. The van der Waals surface area contributed by atoms with Crippen molar-refractivity contribution < 1.29 is 9.18 Å². The highest BCUT2D eigenvalue weighted by molar-refractivity contribution is 7.99. The van der Waals surface area contributed by atoms with E-state index in [4.69, 9.17) is 0 Å². The zero-order chi connectivity index (χ0) is 14.4. The zero-order valence-corrected chi connectivity index (χ0v) is 12.5. The van der Waals surface area contributed by atoms with Crippen LogP contribution in [-0.4, -0.2) is 46.9 Å². The number of halogens is 1. The molecule has 110 valence electrons. The number of hydrogen-bond donors (Lipinski definition) is 1. The van der Waals surface area contributed by atoms with Gasteiger partial charge in [-0.3, -0.25) is 4.79 Å². The fraction of sp³-hybridized carbons (Fsp3) is 0.571. The lowest BCUT2D eigenvalue weighted by atomic mass is 10.2. The van der Waals surface area contributed by atoms with Gasteiger partial charge in [-0.15, -0.1) is 0 Å². The van der Waals surface area contributed by atoms with Crippen LogP contribution in [-0.2, 0) is 0 Å². The summed E-state index contributed by atoms with van der Waals surface area (Å²) in [5.41, 5.74) is 0.116. The molecule has 20 heavy (non-hydrogen) atoms. The number of carbonyl (C=O) groups excluding carboxylic acids is 1. The van der Waals surface area contributed by atoms with Crippen molar-refractivity contribution in [3.05, 3.63) is 23.6 Å². The number of anilines is 1. The summed E-state index contributed by atoms with van der Waals surface area (Å²) in [7, 11) is 0. The van der Waals surface area contributed by atoms with E-state index in [0.717, 1.165) is 24.3 Å². The number of amides is 1. The normalized spacial score (nSPS) is 15.8. The number of pyridine rings is 1. The fourth-order valence-corrected chi connectivity index (χ4v) is 2.98. The summed E-state index contributed by atoms with van der Waals surface area (Å²) in [6.07, 6.45) is 3.33. The summed E-state index contributed by atoms with van der Waals surface area (Å²) in [6, 6.07) is 1.47. The molecule has 0 radical (unpaired) electrons. The molecule has 1 aromatic rings. The highest BCUT2D eigenvalue weighted by Gasteiger charge is 2.22. The third-order valence-electron chi connectivity index (χ3n) is 3.17. The van der Waals surface area contributed by atoms with E-state index in [1.807, 2.05) is 18.7 Å². The number of hydrogen-bond acceptors (Lipinski definition) is 4. The van der Waals surface area contributed by atoms with E-state index in [1.54, 1.807) is 4.90 Å². The SMILES string of the molecule is CCCNc1nccc(C(=O)N2CCCSCC2)c1F. The summed E-state index contributed by atoms with van der Waals surface area (Å²) < 4.78 is 14.3. The molecule has 1 N–H and O–H groups in total. The second-order valence-electron chi connectivity index (χ2n) is 4.71. The Morgan fingerprint density at radius 2 is 2.35 bits per heavy atom. The second kappa shape index (κ2) is 7.47. The summed E-state index contributed by atoms with van der Waals surface area (Å²) >= 11 is 1.84. The molecule has 2 heterocycles. The first-order chi connectivity index (χ1) is 9.74. The van der Waals surface area contributed by atoms with Gasteiger partial charge in [0.1, 0.15) is 0 Å². The number of carbonyl (C=O) groups is 1. The Morgan fingerprint density at radius 3 is 3.15 bits per heavy atom. The van der Waals surface area contributed by atoms with Crippen molar-refractivity contribution in [2.45, 2.75) is 19.8 Å². The molecule has 6 heteroatoms. The van der Waals surface area contributed by atoms with Gasteiger partial charge in [0.2, 0.25) is 0 Å². The van der Waals surface area contributed by atoms with Crippen LogP contribution in [0.2, 0.25) is 0 Å². The van der Waals surface area contributed by atoms with E-state index in [2.05, 4.69) is 10.3 Å². The highest BCUT2D eigenvalue weighted by atomic mass is 32.2. The Balaban J connectivity index is 2.16. The molecule has 1 aromatic heterocycles. The third kappa shape index (κ3) is 3.62. The fourth-order valence-electron chi connectivity index (χ4n) is 2.10. The van der Waals surface area contributed by atoms with Crippen LogP contribution in [0.4, 0.5) is 10.2 Å². The minimum Gasteiger partial charge on any atom is -0.368 e. The Labute approximate surface area is 123 Å². The Bertz CT molecular complexity index is 462. The molecule has 0 aliphatic carbocycles. The van der Waals surface area contributed by atoms with Crippen LogP contribution in [0.15, 0.2) is 12.3 Å². The van der Waals surface area contributed by atoms with Crippen LogP contribution >= 0.6 is 11.8 Å². The first-order valence-corrected chi connectivity index (χ1v) is 8.15. The first-order valence-electron chi connectivity index (χ1n) is 6.99. The lowest BCUT2D eigenvalue weighted by Crippen LogP contribution is -2.33. The Hall–Kier alpha value is -1.30. The van der Waals surface area contributed by atoms with Gasteiger partial charge >= 0.3 is 0 Å². The topological polar surface area (TPSA) is 45.2 Å². The maximum atomic E-state index is 14.3. The molecule has 0 atom stereocenters. The molecule has 1 aliphatic rings. The lowest BCUT2D eigenvalue weighted by molar-refractivity contribution is 0.0764. The highest BCUT2D eigenvalue weighted by Crippen LogP contribution is 2.19. The molecule has 1 aliphatic heterocycles. The number of nitrogens with one attached hydrogen (secondary N) is 1.